The molecule has 0 rings (SSSR count). The first-order chi connectivity index (χ1) is 7.61. The topological polar surface area (TPSA) is 107 Å². The molecule has 0 aliphatic heterocycles. The Kier molecular flexibility index (Phi) is 8.46. The number of hydrogen-bond acceptors (Lipinski definition) is 4. The van der Waals surface area contributed by atoms with E-state index in [1.165, 1.54) is 0 Å². The van der Waals surface area contributed by atoms with Gasteiger partial charge in [0.25, 0.3) is 0 Å². The molecule has 0 aliphatic rings. The van der Waals surface area contributed by atoms with Gasteiger partial charge in [-0.3, -0.25) is 9.59 Å². The lowest BCUT2D eigenvalue weighted by atomic mass is 10.0. The van der Waals surface area contributed by atoms with Gasteiger partial charge in [-0.05, 0) is 6.42 Å². The van der Waals surface area contributed by atoms with Crippen LogP contribution in [-0.4, -0.2) is 38.1 Å². The van der Waals surface area contributed by atoms with Gasteiger partial charge in [-0.15, -0.1) is 0 Å². The zero-order valence-corrected chi connectivity index (χ0v) is 9.70. The van der Waals surface area contributed by atoms with Crippen LogP contribution in [-0.2, 0) is 14.3 Å². The van der Waals surface area contributed by atoms with Crippen LogP contribution >= 0.6 is 0 Å². The predicted octanol–water partition coefficient (Wildman–Crippen LogP) is -1.02. The molecule has 6 nitrogen and oxygen atoms in total. The molecule has 0 aromatic rings. The number of nitrogens with one attached hydrogen (secondary N) is 1. The second kappa shape index (κ2) is 9.11. The van der Waals surface area contributed by atoms with Crippen LogP contribution in [0.25, 0.3) is 0 Å². The lowest BCUT2D eigenvalue weighted by molar-refractivity contribution is -0.125. The molecule has 0 bridgehead atoms. The van der Waals surface area contributed by atoms with E-state index >= 15 is 0 Å². The van der Waals surface area contributed by atoms with Gasteiger partial charge in [-0.2, -0.15) is 0 Å². The first-order valence-electron chi connectivity index (χ1n) is 5.45. The fourth-order valence-corrected chi connectivity index (χ4v) is 1.27. The maximum absolute atomic E-state index is 11.5. The second-order valence-electron chi connectivity index (χ2n) is 3.53. The van der Waals surface area contributed by atoms with Crippen molar-refractivity contribution >= 4 is 11.8 Å². The molecule has 0 aromatic carbocycles. The summed E-state index contributed by atoms with van der Waals surface area (Å²) in [5.74, 6) is -0.717. The normalized spacial score (nSPS) is 12.1. The molecule has 0 radical (unpaired) electrons. The van der Waals surface area contributed by atoms with Crippen LogP contribution in [0.4, 0.5) is 0 Å². The van der Waals surface area contributed by atoms with Crippen LogP contribution in [0.2, 0.25) is 0 Å². The fraction of sp³-hybridized carbons (Fsp3) is 0.800. The molecule has 0 spiro atoms. The molecule has 1 unspecified atom stereocenters. The highest BCUT2D eigenvalue weighted by Crippen LogP contribution is 2.03. The Bertz CT molecular complexity index is 221. The monoisotopic (exact) mass is 231 g/mol. The van der Waals surface area contributed by atoms with Crippen LogP contribution < -0.4 is 16.8 Å². The zero-order valence-electron chi connectivity index (χ0n) is 9.70. The Balaban J connectivity index is 3.59. The highest BCUT2D eigenvalue weighted by Gasteiger charge is 2.14. The maximum atomic E-state index is 11.5. The average molecular weight is 231 g/mol. The summed E-state index contributed by atoms with van der Waals surface area (Å²) in [5, 5.41) is 2.70. The van der Waals surface area contributed by atoms with E-state index in [0.717, 1.165) is 12.8 Å². The van der Waals surface area contributed by atoms with Gasteiger partial charge in [0, 0.05) is 13.1 Å². The predicted molar refractivity (Wildman–Crippen MR) is 60.5 cm³/mol. The molecule has 0 heterocycles. The summed E-state index contributed by atoms with van der Waals surface area (Å²) in [6, 6.07) is 0. The van der Waals surface area contributed by atoms with Gasteiger partial charge in [0.1, 0.15) is 6.61 Å². The van der Waals surface area contributed by atoms with Crippen molar-refractivity contribution in [3.05, 3.63) is 0 Å². The molecular weight excluding hydrogens is 210 g/mol. The Morgan fingerprint density at radius 3 is 2.62 bits per heavy atom. The van der Waals surface area contributed by atoms with E-state index in [0.29, 0.717) is 13.1 Å². The van der Waals surface area contributed by atoms with Crippen molar-refractivity contribution < 1.29 is 14.3 Å². The van der Waals surface area contributed by atoms with Crippen LogP contribution in [0.3, 0.4) is 0 Å². The van der Waals surface area contributed by atoms with E-state index in [2.05, 4.69) is 5.32 Å². The van der Waals surface area contributed by atoms with E-state index in [4.69, 9.17) is 16.2 Å². The number of carbonyl (C=O) groups is 2. The maximum Gasteiger partial charge on any atom is 0.243 e. The van der Waals surface area contributed by atoms with Gasteiger partial charge in [-0.25, -0.2) is 0 Å². The molecule has 0 aliphatic carbocycles. The quantitative estimate of drug-likeness (QED) is 0.441. The summed E-state index contributed by atoms with van der Waals surface area (Å²) >= 11 is 0. The van der Waals surface area contributed by atoms with Crippen molar-refractivity contribution in [2.24, 2.45) is 17.4 Å². The van der Waals surface area contributed by atoms with Crippen LogP contribution in [0.15, 0.2) is 0 Å². The van der Waals surface area contributed by atoms with E-state index in [9.17, 15) is 9.59 Å². The summed E-state index contributed by atoms with van der Waals surface area (Å²) in [6.45, 7) is 2.88. The third kappa shape index (κ3) is 7.19. The van der Waals surface area contributed by atoms with Gasteiger partial charge < -0.3 is 21.5 Å². The Morgan fingerprint density at radius 2 is 2.12 bits per heavy atom. The Labute approximate surface area is 95.7 Å². The average Bonchev–Trinajstić information content (AvgIpc) is 2.24. The molecule has 16 heavy (non-hydrogen) atoms. The van der Waals surface area contributed by atoms with E-state index in [1.807, 2.05) is 6.92 Å². The van der Waals surface area contributed by atoms with Crippen molar-refractivity contribution in [2.45, 2.75) is 19.8 Å². The minimum absolute atomic E-state index is 0.0629. The number of hydrogen-bond donors (Lipinski definition) is 3. The number of nitrogens with two attached hydrogens (primary N) is 2. The minimum Gasteiger partial charge on any atom is -0.370 e. The summed E-state index contributed by atoms with van der Waals surface area (Å²) in [5.41, 5.74) is 10.4. The number of ether oxygens (including phenoxy) is 1. The molecule has 0 aromatic heterocycles. The fourth-order valence-electron chi connectivity index (χ4n) is 1.27. The lowest BCUT2D eigenvalue weighted by Crippen LogP contribution is -2.37. The van der Waals surface area contributed by atoms with E-state index in [-0.39, 0.29) is 25.0 Å². The smallest absolute Gasteiger partial charge is 0.243 e. The highest BCUT2D eigenvalue weighted by atomic mass is 16.5. The first-order valence-corrected chi connectivity index (χ1v) is 5.45. The molecule has 0 fully saturated rings. The zero-order chi connectivity index (χ0) is 12.4. The van der Waals surface area contributed by atoms with Gasteiger partial charge in [0.2, 0.25) is 11.8 Å². The summed E-state index contributed by atoms with van der Waals surface area (Å²) in [4.78, 5) is 21.9. The number of primary amides is 1. The molecule has 0 saturated heterocycles. The highest BCUT2D eigenvalue weighted by molar-refractivity contribution is 5.78. The van der Waals surface area contributed by atoms with Gasteiger partial charge in [-0.1, -0.05) is 13.3 Å². The third-order valence-electron chi connectivity index (χ3n) is 2.08. The Hall–Kier alpha value is -1.14. The first kappa shape index (κ1) is 14.9. The van der Waals surface area contributed by atoms with Crippen LogP contribution in [0.1, 0.15) is 19.8 Å². The minimum atomic E-state index is -0.517. The van der Waals surface area contributed by atoms with Crippen LogP contribution in [0, 0.1) is 5.92 Å². The van der Waals surface area contributed by atoms with Crippen molar-refractivity contribution in [2.75, 3.05) is 26.3 Å². The molecule has 1 atom stereocenters. The number of amides is 2. The molecule has 0 saturated carbocycles. The molecule has 94 valence electrons. The van der Waals surface area contributed by atoms with Crippen molar-refractivity contribution in [1.29, 1.82) is 0 Å². The summed E-state index contributed by atoms with van der Waals surface area (Å²) in [7, 11) is 0. The van der Waals surface area contributed by atoms with Gasteiger partial charge in [0.05, 0.1) is 12.5 Å². The second-order valence-corrected chi connectivity index (χ2v) is 3.53. The molecule has 6 heteroatoms. The standard InChI is InChI=1S/C10H21N3O3/c1-2-3-8(6-11)10(15)13-4-5-16-7-9(12)14/h8H,2-7,11H2,1H3,(H2,12,14)(H,13,15). The van der Waals surface area contributed by atoms with Gasteiger partial charge in [0.15, 0.2) is 0 Å². The summed E-state index contributed by atoms with van der Waals surface area (Å²) < 4.78 is 4.90. The van der Waals surface area contributed by atoms with E-state index in [1.54, 1.807) is 0 Å². The van der Waals surface area contributed by atoms with Crippen molar-refractivity contribution in [1.82, 2.24) is 5.32 Å². The lowest BCUT2D eigenvalue weighted by Gasteiger charge is -2.13. The largest absolute Gasteiger partial charge is 0.370 e. The van der Waals surface area contributed by atoms with Crippen LogP contribution in [0.5, 0.6) is 0 Å². The molecule has 5 N–H and O–H groups in total. The SMILES string of the molecule is CCCC(CN)C(=O)NCCOCC(N)=O. The van der Waals surface area contributed by atoms with Crippen molar-refractivity contribution in [3.63, 3.8) is 0 Å². The molecular formula is C10H21N3O3. The number of carbonyl (C=O) groups excluding carboxylic acids is 2. The Morgan fingerprint density at radius 1 is 1.44 bits per heavy atom. The van der Waals surface area contributed by atoms with Gasteiger partial charge >= 0.3 is 0 Å². The summed E-state index contributed by atoms with van der Waals surface area (Å²) in [6.07, 6.45) is 1.71. The number of rotatable bonds is 9. The third-order valence-corrected chi connectivity index (χ3v) is 2.08. The van der Waals surface area contributed by atoms with E-state index < -0.39 is 5.91 Å². The van der Waals surface area contributed by atoms with Crippen molar-refractivity contribution in [3.8, 4) is 0 Å². The molecule has 2 amide bonds.